The quantitative estimate of drug-likeness (QED) is 0.690. The van der Waals surface area contributed by atoms with Crippen LogP contribution in [0, 0.1) is 5.92 Å². The molecule has 7 nitrogen and oxygen atoms in total. The number of rotatable bonds is 7. The van der Waals surface area contributed by atoms with Crippen LogP contribution in [-0.2, 0) is 16.1 Å². The van der Waals surface area contributed by atoms with Crippen LogP contribution in [0.1, 0.15) is 19.4 Å². The summed E-state index contributed by atoms with van der Waals surface area (Å²) in [4.78, 5) is 23.6. The number of carbonyl (C=O) groups excluding carboxylic acids is 2. The van der Waals surface area contributed by atoms with Crippen molar-refractivity contribution < 1.29 is 9.59 Å². The molecule has 0 bridgehead atoms. The van der Waals surface area contributed by atoms with Crippen LogP contribution in [0.4, 0.5) is 5.69 Å². The van der Waals surface area contributed by atoms with Crippen LogP contribution in [-0.4, -0.2) is 34.2 Å². The molecule has 0 spiro atoms. The summed E-state index contributed by atoms with van der Waals surface area (Å²) >= 11 is 0. The van der Waals surface area contributed by atoms with E-state index < -0.39 is 6.04 Å². The van der Waals surface area contributed by atoms with Crippen molar-refractivity contribution in [1.29, 1.82) is 0 Å². The van der Waals surface area contributed by atoms with Crippen LogP contribution >= 0.6 is 12.4 Å². The molecule has 0 aliphatic heterocycles. The maximum Gasteiger partial charge on any atom is 0.243 e. The van der Waals surface area contributed by atoms with Gasteiger partial charge in [-0.1, -0.05) is 26.0 Å². The number of nitrogens with two attached hydrogens (primary N) is 1. The van der Waals surface area contributed by atoms with Crippen molar-refractivity contribution in [2.45, 2.75) is 26.4 Å². The Morgan fingerprint density at radius 1 is 1.24 bits per heavy atom. The molecule has 2 amide bonds. The first-order chi connectivity index (χ1) is 11.5. The van der Waals surface area contributed by atoms with Crippen LogP contribution < -0.4 is 16.4 Å². The minimum atomic E-state index is -0.612. The maximum atomic E-state index is 11.9. The SMILES string of the molecule is CC(C)[C@H](N)C(=O)NCC(=O)Nc1ccc(Cn2cccn2)cc1.Cl. The number of nitrogens with one attached hydrogen (secondary N) is 2. The Labute approximate surface area is 153 Å². The number of hydrogen-bond donors (Lipinski definition) is 3. The lowest BCUT2D eigenvalue weighted by Crippen LogP contribution is -2.46. The number of nitrogens with zero attached hydrogens (tertiary/aromatic N) is 2. The summed E-state index contributed by atoms with van der Waals surface area (Å²) in [6.45, 7) is 4.28. The van der Waals surface area contributed by atoms with Gasteiger partial charge in [0.05, 0.1) is 19.1 Å². The topological polar surface area (TPSA) is 102 Å². The molecule has 0 radical (unpaired) electrons. The van der Waals surface area contributed by atoms with E-state index in [4.69, 9.17) is 5.73 Å². The van der Waals surface area contributed by atoms with Crippen LogP contribution in [0.25, 0.3) is 0 Å². The van der Waals surface area contributed by atoms with E-state index in [9.17, 15) is 9.59 Å². The molecule has 1 atom stereocenters. The van der Waals surface area contributed by atoms with Gasteiger partial charge >= 0.3 is 0 Å². The first-order valence-electron chi connectivity index (χ1n) is 7.85. The molecule has 4 N–H and O–H groups in total. The molecule has 1 aromatic heterocycles. The third kappa shape index (κ3) is 6.56. The fourth-order valence-corrected chi connectivity index (χ4v) is 2.07. The fourth-order valence-electron chi connectivity index (χ4n) is 2.07. The van der Waals surface area contributed by atoms with Crippen LogP contribution in [0.15, 0.2) is 42.7 Å². The molecule has 2 rings (SSSR count). The Morgan fingerprint density at radius 3 is 2.48 bits per heavy atom. The molecule has 0 saturated heterocycles. The highest BCUT2D eigenvalue weighted by Gasteiger charge is 2.17. The molecular weight excluding hydrogens is 342 g/mol. The maximum absolute atomic E-state index is 11.9. The Bertz CT molecular complexity index is 671. The van der Waals surface area contributed by atoms with Crippen LogP contribution in [0.3, 0.4) is 0 Å². The number of amides is 2. The Kier molecular flexibility index (Phi) is 8.10. The predicted octanol–water partition coefficient (Wildman–Crippen LogP) is 1.39. The second-order valence-electron chi connectivity index (χ2n) is 5.94. The van der Waals surface area contributed by atoms with Crippen LogP contribution in [0.5, 0.6) is 0 Å². The van der Waals surface area contributed by atoms with Gasteiger partial charge in [0.25, 0.3) is 0 Å². The zero-order chi connectivity index (χ0) is 17.5. The number of hydrogen-bond acceptors (Lipinski definition) is 4. The lowest BCUT2D eigenvalue weighted by molar-refractivity contribution is -0.125. The van der Waals surface area contributed by atoms with Crippen LogP contribution in [0.2, 0.25) is 0 Å². The number of benzene rings is 1. The van der Waals surface area contributed by atoms with Gasteiger partial charge in [-0.3, -0.25) is 14.3 Å². The second kappa shape index (κ2) is 9.80. The summed E-state index contributed by atoms with van der Waals surface area (Å²) in [6, 6.07) is 8.74. The molecule has 0 saturated carbocycles. The highest BCUT2D eigenvalue weighted by atomic mass is 35.5. The summed E-state index contributed by atoms with van der Waals surface area (Å²) in [6.07, 6.45) is 3.62. The summed E-state index contributed by atoms with van der Waals surface area (Å²) in [7, 11) is 0. The fraction of sp³-hybridized carbons (Fsp3) is 0.353. The zero-order valence-electron chi connectivity index (χ0n) is 14.3. The van der Waals surface area contributed by atoms with Gasteiger partial charge in [-0.2, -0.15) is 5.10 Å². The first kappa shape index (κ1) is 20.7. The minimum absolute atomic E-state index is 0. The van der Waals surface area contributed by atoms with E-state index >= 15 is 0 Å². The molecule has 136 valence electrons. The van der Waals surface area contributed by atoms with Crippen molar-refractivity contribution in [3.8, 4) is 0 Å². The minimum Gasteiger partial charge on any atom is -0.346 e. The molecule has 25 heavy (non-hydrogen) atoms. The molecule has 1 aromatic carbocycles. The number of halogens is 1. The summed E-state index contributed by atoms with van der Waals surface area (Å²) < 4.78 is 1.82. The Hall–Kier alpha value is -2.38. The average Bonchev–Trinajstić information content (AvgIpc) is 3.06. The van der Waals surface area contributed by atoms with E-state index in [2.05, 4.69) is 15.7 Å². The van der Waals surface area contributed by atoms with E-state index in [-0.39, 0.29) is 36.7 Å². The molecular formula is C17H24ClN5O2. The lowest BCUT2D eigenvalue weighted by atomic mass is 10.1. The van der Waals surface area contributed by atoms with Crippen molar-refractivity contribution in [2.24, 2.45) is 11.7 Å². The van der Waals surface area contributed by atoms with Gasteiger partial charge in [-0.15, -0.1) is 12.4 Å². The zero-order valence-corrected chi connectivity index (χ0v) is 15.1. The standard InChI is InChI=1S/C17H23N5O2.ClH/c1-12(2)16(18)17(24)19-10-15(23)21-14-6-4-13(5-7-14)11-22-9-3-8-20-22;/h3-9,12,16H,10-11,18H2,1-2H3,(H,19,24)(H,21,23);1H/t16-;/m0./s1. The van der Waals surface area contributed by atoms with E-state index in [1.807, 2.05) is 55.1 Å². The summed E-state index contributed by atoms with van der Waals surface area (Å²) in [5.74, 6) is -0.593. The number of aromatic nitrogens is 2. The van der Waals surface area contributed by atoms with E-state index in [1.54, 1.807) is 6.20 Å². The summed E-state index contributed by atoms with van der Waals surface area (Å²) in [5, 5.41) is 9.42. The van der Waals surface area contributed by atoms with Gasteiger partial charge < -0.3 is 16.4 Å². The molecule has 0 unspecified atom stereocenters. The molecule has 0 aliphatic carbocycles. The van der Waals surface area contributed by atoms with E-state index in [0.29, 0.717) is 12.2 Å². The number of anilines is 1. The average molecular weight is 366 g/mol. The van der Waals surface area contributed by atoms with Crippen molar-refractivity contribution in [1.82, 2.24) is 15.1 Å². The first-order valence-corrected chi connectivity index (χ1v) is 7.85. The highest BCUT2D eigenvalue weighted by molar-refractivity contribution is 5.95. The van der Waals surface area contributed by atoms with Gasteiger partial charge in [0.15, 0.2) is 0 Å². The highest BCUT2D eigenvalue weighted by Crippen LogP contribution is 2.10. The van der Waals surface area contributed by atoms with Crippen molar-refractivity contribution in [3.63, 3.8) is 0 Å². The van der Waals surface area contributed by atoms with Crippen molar-refractivity contribution in [3.05, 3.63) is 48.3 Å². The molecule has 0 aliphatic rings. The smallest absolute Gasteiger partial charge is 0.243 e. The van der Waals surface area contributed by atoms with Crippen molar-refractivity contribution in [2.75, 3.05) is 11.9 Å². The monoisotopic (exact) mass is 365 g/mol. The summed E-state index contributed by atoms with van der Waals surface area (Å²) in [5.41, 5.74) is 7.47. The van der Waals surface area contributed by atoms with Gasteiger partial charge in [-0.25, -0.2) is 0 Å². The normalized spacial score (nSPS) is 11.5. The third-order valence-electron chi connectivity index (χ3n) is 3.59. The molecule has 1 heterocycles. The third-order valence-corrected chi connectivity index (χ3v) is 3.59. The van der Waals surface area contributed by atoms with E-state index in [0.717, 1.165) is 5.56 Å². The second-order valence-corrected chi connectivity index (χ2v) is 5.94. The van der Waals surface area contributed by atoms with Gasteiger partial charge in [0, 0.05) is 18.1 Å². The van der Waals surface area contributed by atoms with E-state index in [1.165, 1.54) is 0 Å². The lowest BCUT2D eigenvalue weighted by Gasteiger charge is -2.15. The molecule has 8 heteroatoms. The molecule has 0 fully saturated rings. The predicted molar refractivity (Wildman–Crippen MR) is 99.5 cm³/mol. The number of carbonyl (C=O) groups is 2. The molecule has 2 aromatic rings. The van der Waals surface area contributed by atoms with Gasteiger partial charge in [0.2, 0.25) is 11.8 Å². The van der Waals surface area contributed by atoms with Gasteiger partial charge in [-0.05, 0) is 29.7 Å². The van der Waals surface area contributed by atoms with Crippen molar-refractivity contribution >= 4 is 29.9 Å². The largest absolute Gasteiger partial charge is 0.346 e. The Morgan fingerprint density at radius 2 is 1.92 bits per heavy atom. The Balaban J connectivity index is 0.00000312. The van der Waals surface area contributed by atoms with Gasteiger partial charge in [0.1, 0.15) is 0 Å².